The Morgan fingerprint density at radius 2 is 2.33 bits per heavy atom. The van der Waals surface area contributed by atoms with Crippen molar-refractivity contribution in [2.45, 2.75) is 11.1 Å². The first-order chi connectivity index (χ1) is 5.74. The summed E-state index contributed by atoms with van der Waals surface area (Å²) >= 11 is 7.95. The highest BCUT2D eigenvalue weighted by molar-refractivity contribution is 7.99. The van der Waals surface area contributed by atoms with Crippen LogP contribution in [0.1, 0.15) is 0 Å². The fraction of sp³-hybridized carbons (Fsp3) is 0.600. The molecule has 0 aliphatic rings. The molecule has 1 unspecified atom stereocenters. The van der Waals surface area contributed by atoms with Gasteiger partial charge in [0.05, 0.1) is 24.4 Å². The smallest absolute Gasteiger partial charge is 0.176 e. The van der Waals surface area contributed by atoms with Crippen LogP contribution < -0.4 is 0 Å². The van der Waals surface area contributed by atoms with Crippen molar-refractivity contribution in [2.75, 3.05) is 12.4 Å². The topological polar surface area (TPSA) is 66.2 Å². The zero-order chi connectivity index (χ0) is 8.97. The summed E-state index contributed by atoms with van der Waals surface area (Å²) in [4.78, 5) is 0. The van der Waals surface area contributed by atoms with Gasteiger partial charge in [-0.05, 0) is 0 Å². The van der Waals surface area contributed by atoms with E-state index in [9.17, 15) is 0 Å². The molecule has 1 heterocycles. The standard InChI is InChI=1S/C5H7ClN2O2S2/c6-4-5(8-12-7-4)11-2-3(10)1-9/h3,9-10H,1-2H2. The lowest BCUT2D eigenvalue weighted by Gasteiger charge is -2.03. The molecule has 0 amide bonds. The molecule has 0 aliphatic carbocycles. The minimum absolute atomic E-state index is 0.248. The van der Waals surface area contributed by atoms with Gasteiger partial charge in [0.2, 0.25) is 0 Å². The van der Waals surface area contributed by atoms with Crippen LogP contribution in [0.3, 0.4) is 0 Å². The van der Waals surface area contributed by atoms with Crippen molar-refractivity contribution in [3.63, 3.8) is 0 Å². The van der Waals surface area contributed by atoms with Gasteiger partial charge in [-0.2, -0.15) is 8.75 Å². The van der Waals surface area contributed by atoms with Crippen LogP contribution in [-0.2, 0) is 0 Å². The molecule has 1 rings (SSSR count). The molecule has 1 aromatic rings. The minimum Gasteiger partial charge on any atom is -0.394 e. The maximum atomic E-state index is 8.99. The van der Waals surface area contributed by atoms with Gasteiger partial charge in [0, 0.05) is 5.75 Å². The molecular weight excluding hydrogens is 220 g/mol. The minimum atomic E-state index is -0.729. The Balaban J connectivity index is 2.38. The number of thioether (sulfide) groups is 1. The lowest BCUT2D eigenvalue weighted by molar-refractivity contribution is 0.113. The van der Waals surface area contributed by atoms with Crippen LogP contribution in [0.4, 0.5) is 0 Å². The predicted molar refractivity (Wildman–Crippen MR) is 48.7 cm³/mol. The number of aliphatic hydroxyl groups is 2. The third-order valence-electron chi connectivity index (χ3n) is 1.04. The van der Waals surface area contributed by atoms with E-state index in [1.54, 1.807) is 0 Å². The van der Waals surface area contributed by atoms with Crippen LogP contribution in [0.25, 0.3) is 0 Å². The van der Waals surface area contributed by atoms with E-state index in [-0.39, 0.29) is 6.61 Å². The Bertz CT molecular complexity index is 245. The lowest BCUT2D eigenvalue weighted by Crippen LogP contribution is -2.14. The number of halogens is 1. The van der Waals surface area contributed by atoms with E-state index in [2.05, 4.69) is 8.75 Å². The molecule has 2 N–H and O–H groups in total. The molecule has 0 radical (unpaired) electrons. The molecule has 1 atom stereocenters. The Labute approximate surface area is 82.9 Å². The van der Waals surface area contributed by atoms with Crippen molar-refractivity contribution in [1.29, 1.82) is 0 Å². The van der Waals surface area contributed by atoms with E-state index in [4.69, 9.17) is 21.8 Å². The largest absolute Gasteiger partial charge is 0.394 e. The highest BCUT2D eigenvalue weighted by Crippen LogP contribution is 2.24. The van der Waals surface area contributed by atoms with Crippen LogP contribution in [0.2, 0.25) is 5.15 Å². The Hall–Kier alpha value is 0.120. The highest BCUT2D eigenvalue weighted by atomic mass is 35.5. The number of rotatable bonds is 4. The SMILES string of the molecule is OCC(O)CSc1nsnc1Cl. The van der Waals surface area contributed by atoms with Gasteiger partial charge in [0.15, 0.2) is 5.15 Å². The summed E-state index contributed by atoms with van der Waals surface area (Å²) < 4.78 is 7.64. The maximum Gasteiger partial charge on any atom is 0.176 e. The van der Waals surface area contributed by atoms with Crippen molar-refractivity contribution in [3.05, 3.63) is 5.15 Å². The molecule has 0 saturated heterocycles. The van der Waals surface area contributed by atoms with E-state index >= 15 is 0 Å². The van der Waals surface area contributed by atoms with Crippen molar-refractivity contribution in [1.82, 2.24) is 8.75 Å². The number of nitrogens with zero attached hydrogens (tertiary/aromatic N) is 2. The zero-order valence-corrected chi connectivity index (χ0v) is 8.36. The second-order valence-corrected chi connectivity index (χ2v) is 3.90. The second-order valence-electron chi connectivity index (χ2n) is 2.01. The molecular formula is C5H7ClN2O2S2. The summed E-state index contributed by atoms with van der Waals surface area (Å²) in [5.41, 5.74) is 0. The van der Waals surface area contributed by atoms with Crippen molar-refractivity contribution in [2.24, 2.45) is 0 Å². The van der Waals surface area contributed by atoms with Gasteiger partial charge in [0.25, 0.3) is 0 Å². The molecule has 0 saturated carbocycles. The van der Waals surface area contributed by atoms with E-state index in [1.807, 2.05) is 0 Å². The van der Waals surface area contributed by atoms with Crippen LogP contribution in [0.5, 0.6) is 0 Å². The van der Waals surface area contributed by atoms with Gasteiger partial charge in [-0.3, -0.25) is 0 Å². The summed E-state index contributed by atoms with van der Waals surface area (Å²) in [6.07, 6.45) is -0.729. The van der Waals surface area contributed by atoms with Gasteiger partial charge >= 0.3 is 0 Å². The van der Waals surface area contributed by atoms with Crippen molar-refractivity contribution >= 4 is 35.1 Å². The summed E-state index contributed by atoms with van der Waals surface area (Å²) in [6.45, 7) is -0.248. The van der Waals surface area contributed by atoms with Crippen molar-refractivity contribution in [3.8, 4) is 0 Å². The fourth-order valence-electron chi connectivity index (χ4n) is 0.484. The number of aliphatic hydroxyl groups excluding tert-OH is 2. The monoisotopic (exact) mass is 226 g/mol. The summed E-state index contributed by atoms with van der Waals surface area (Å²) in [5, 5.41) is 18.5. The van der Waals surface area contributed by atoms with Gasteiger partial charge in [-0.1, -0.05) is 23.4 Å². The van der Waals surface area contributed by atoms with Gasteiger partial charge in [-0.25, -0.2) is 0 Å². The Kier molecular flexibility index (Phi) is 4.24. The Morgan fingerprint density at radius 3 is 2.83 bits per heavy atom. The molecule has 0 bridgehead atoms. The van der Waals surface area contributed by atoms with Crippen LogP contribution in [-0.4, -0.2) is 37.4 Å². The first-order valence-electron chi connectivity index (χ1n) is 3.14. The maximum absolute atomic E-state index is 8.99. The first-order valence-corrected chi connectivity index (χ1v) is 5.23. The molecule has 0 fully saturated rings. The second kappa shape index (κ2) is 4.98. The molecule has 0 aromatic carbocycles. The van der Waals surface area contributed by atoms with E-state index in [0.717, 1.165) is 11.7 Å². The molecule has 4 nitrogen and oxygen atoms in total. The van der Waals surface area contributed by atoms with Gasteiger partial charge in [0.1, 0.15) is 5.03 Å². The zero-order valence-electron chi connectivity index (χ0n) is 5.97. The van der Waals surface area contributed by atoms with E-state index in [1.165, 1.54) is 11.8 Å². The van der Waals surface area contributed by atoms with Crippen LogP contribution in [0, 0.1) is 0 Å². The quantitative estimate of drug-likeness (QED) is 0.738. The average molecular weight is 227 g/mol. The van der Waals surface area contributed by atoms with E-state index in [0.29, 0.717) is 15.9 Å². The molecule has 0 spiro atoms. The summed E-state index contributed by atoms with van der Waals surface area (Å²) in [7, 11) is 0. The number of hydrogen-bond donors (Lipinski definition) is 2. The summed E-state index contributed by atoms with van der Waals surface area (Å²) in [5.74, 6) is 0.377. The summed E-state index contributed by atoms with van der Waals surface area (Å²) in [6, 6.07) is 0. The average Bonchev–Trinajstić information content (AvgIpc) is 2.47. The molecule has 7 heteroatoms. The third-order valence-corrected chi connectivity index (χ3v) is 3.27. The molecule has 68 valence electrons. The highest BCUT2D eigenvalue weighted by Gasteiger charge is 2.08. The third kappa shape index (κ3) is 2.87. The van der Waals surface area contributed by atoms with Crippen molar-refractivity contribution < 1.29 is 10.2 Å². The number of hydrogen-bond acceptors (Lipinski definition) is 6. The first kappa shape index (κ1) is 10.2. The number of aromatic nitrogens is 2. The van der Waals surface area contributed by atoms with E-state index < -0.39 is 6.10 Å². The molecule has 12 heavy (non-hydrogen) atoms. The Morgan fingerprint density at radius 1 is 1.58 bits per heavy atom. The van der Waals surface area contributed by atoms with Gasteiger partial charge in [-0.15, -0.1) is 0 Å². The molecule has 0 aliphatic heterocycles. The van der Waals surface area contributed by atoms with Gasteiger partial charge < -0.3 is 10.2 Å². The fourth-order valence-corrected chi connectivity index (χ4v) is 2.18. The van der Waals surface area contributed by atoms with Crippen LogP contribution >= 0.6 is 35.1 Å². The van der Waals surface area contributed by atoms with Crippen LogP contribution in [0.15, 0.2) is 5.03 Å². The normalized spacial score (nSPS) is 13.2. The predicted octanol–water partition coefficient (Wildman–Crippen LogP) is 0.637. The molecule has 1 aromatic heterocycles. The lowest BCUT2D eigenvalue weighted by atomic mass is 10.4.